The molecule has 9 nitrogen and oxygen atoms in total. The molecule has 0 amide bonds. The first-order chi connectivity index (χ1) is 15.0. The Morgan fingerprint density at radius 1 is 1.03 bits per heavy atom. The molecular formula is C22H25N3O6. The summed E-state index contributed by atoms with van der Waals surface area (Å²) < 4.78 is 16.2. The number of methoxy groups -OCH3 is 1. The third-order valence-corrected chi connectivity index (χ3v) is 5.32. The van der Waals surface area contributed by atoms with E-state index in [2.05, 4.69) is 9.97 Å². The average Bonchev–Trinajstić information content (AvgIpc) is 2.78. The van der Waals surface area contributed by atoms with Crippen LogP contribution >= 0.6 is 0 Å². The molecule has 5 atom stereocenters. The Morgan fingerprint density at radius 2 is 1.81 bits per heavy atom. The van der Waals surface area contributed by atoms with Gasteiger partial charge in [-0.3, -0.25) is 0 Å². The summed E-state index contributed by atoms with van der Waals surface area (Å²) in [6, 6.07) is 15.7. The van der Waals surface area contributed by atoms with Crippen molar-refractivity contribution in [2.75, 3.05) is 19.5 Å². The van der Waals surface area contributed by atoms with Crippen molar-refractivity contribution in [3.05, 3.63) is 54.2 Å². The van der Waals surface area contributed by atoms with E-state index in [1.807, 2.05) is 42.5 Å². The number of anilines is 1. The Kier molecular flexibility index (Phi) is 6.42. The van der Waals surface area contributed by atoms with Crippen LogP contribution < -0.4 is 5.73 Å². The topological polar surface area (TPSA) is 140 Å². The molecule has 0 saturated carbocycles. The van der Waals surface area contributed by atoms with Crippen molar-refractivity contribution in [2.45, 2.75) is 37.3 Å². The van der Waals surface area contributed by atoms with Gasteiger partial charge in [0.25, 0.3) is 0 Å². The lowest BCUT2D eigenvalue weighted by atomic mass is 9.99. The van der Waals surface area contributed by atoms with Gasteiger partial charge in [-0.15, -0.1) is 0 Å². The number of aliphatic hydroxyl groups is 3. The van der Waals surface area contributed by atoms with E-state index >= 15 is 0 Å². The van der Waals surface area contributed by atoms with E-state index in [4.69, 9.17) is 19.9 Å². The highest BCUT2D eigenvalue weighted by Crippen LogP contribution is 2.27. The highest BCUT2D eigenvalue weighted by Gasteiger charge is 2.45. The predicted molar refractivity (Wildman–Crippen MR) is 113 cm³/mol. The van der Waals surface area contributed by atoms with Crippen LogP contribution in [-0.2, 0) is 20.8 Å². The van der Waals surface area contributed by atoms with Gasteiger partial charge < -0.3 is 35.3 Å². The second kappa shape index (κ2) is 9.23. The number of aliphatic hydroxyl groups excluding tert-OH is 3. The van der Waals surface area contributed by atoms with E-state index in [0.29, 0.717) is 11.4 Å². The predicted octanol–water partition coefficient (Wildman–Crippen LogP) is 0.850. The molecule has 1 saturated heterocycles. The van der Waals surface area contributed by atoms with Gasteiger partial charge in [0.1, 0.15) is 24.4 Å². The molecule has 3 aromatic rings. The zero-order valence-corrected chi connectivity index (χ0v) is 17.0. The van der Waals surface area contributed by atoms with E-state index < -0.39 is 37.3 Å². The summed E-state index contributed by atoms with van der Waals surface area (Å²) in [4.78, 5) is 8.53. The summed E-state index contributed by atoms with van der Waals surface area (Å²) in [6.07, 6.45) is -5.51. The summed E-state index contributed by atoms with van der Waals surface area (Å²) in [5.74, 6) is 0.0836. The van der Waals surface area contributed by atoms with Gasteiger partial charge >= 0.3 is 0 Å². The van der Waals surface area contributed by atoms with Crippen molar-refractivity contribution in [1.82, 2.24) is 9.97 Å². The molecule has 164 valence electrons. The highest BCUT2D eigenvalue weighted by atomic mass is 16.7. The normalized spacial score (nSPS) is 26.3. The Hall–Kier alpha value is -2.66. The average molecular weight is 427 g/mol. The van der Waals surface area contributed by atoms with Gasteiger partial charge in [0.2, 0.25) is 5.95 Å². The number of nitrogens with zero attached hydrogens (tertiary/aromatic N) is 2. The third kappa shape index (κ3) is 4.52. The summed E-state index contributed by atoms with van der Waals surface area (Å²) in [5, 5.41) is 32.4. The van der Waals surface area contributed by atoms with E-state index in [9.17, 15) is 15.3 Å². The largest absolute Gasteiger partial charge is 0.394 e. The molecule has 4 rings (SSSR count). The Morgan fingerprint density at radius 3 is 2.55 bits per heavy atom. The van der Waals surface area contributed by atoms with E-state index in [1.165, 1.54) is 7.11 Å². The molecular weight excluding hydrogens is 402 g/mol. The van der Waals surface area contributed by atoms with Crippen molar-refractivity contribution >= 4 is 16.7 Å². The van der Waals surface area contributed by atoms with Crippen LogP contribution in [0.25, 0.3) is 22.0 Å². The Labute approximate surface area is 179 Å². The van der Waals surface area contributed by atoms with Gasteiger partial charge in [0.15, 0.2) is 6.29 Å². The fourth-order valence-corrected chi connectivity index (χ4v) is 3.71. The van der Waals surface area contributed by atoms with Gasteiger partial charge in [-0.2, -0.15) is 0 Å². The number of aromatic nitrogens is 2. The first kappa shape index (κ1) is 21.6. The quantitative estimate of drug-likeness (QED) is 0.451. The zero-order valence-electron chi connectivity index (χ0n) is 17.0. The van der Waals surface area contributed by atoms with Crippen LogP contribution in [0.1, 0.15) is 5.69 Å². The van der Waals surface area contributed by atoms with Gasteiger partial charge in [0, 0.05) is 12.7 Å². The molecule has 1 fully saturated rings. The molecule has 0 bridgehead atoms. The Bertz CT molecular complexity index is 1030. The van der Waals surface area contributed by atoms with E-state index in [0.717, 1.165) is 16.3 Å². The molecule has 1 aliphatic heterocycles. The monoisotopic (exact) mass is 427 g/mol. The van der Waals surface area contributed by atoms with Crippen LogP contribution in [0.15, 0.2) is 48.5 Å². The maximum atomic E-state index is 10.4. The first-order valence-corrected chi connectivity index (χ1v) is 9.89. The summed E-state index contributed by atoms with van der Waals surface area (Å²) in [7, 11) is 1.36. The molecule has 31 heavy (non-hydrogen) atoms. The second-order valence-corrected chi connectivity index (χ2v) is 7.38. The first-order valence-electron chi connectivity index (χ1n) is 9.89. The van der Waals surface area contributed by atoms with Gasteiger partial charge in [-0.25, -0.2) is 9.97 Å². The van der Waals surface area contributed by atoms with Crippen LogP contribution in [0.5, 0.6) is 0 Å². The smallest absolute Gasteiger partial charge is 0.220 e. The number of nitrogens with two attached hydrogens (primary N) is 1. The summed E-state index contributed by atoms with van der Waals surface area (Å²) in [6.45, 7) is -0.485. The molecule has 2 heterocycles. The van der Waals surface area contributed by atoms with Crippen LogP contribution in [-0.4, -0.2) is 69.7 Å². The maximum absolute atomic E-state index is 10.4. The summed E-state index contributed by atoms with van der Waals surface area (Å²) >= 11 is 0. The van der Waals surface area contributed by atoms with Gasteiger partial charge in [0.05, 0.1) is 24.6 Å². The van der Waals surface area contributed by atoms with E-state index in [1.54, 1.807) is 6.07 Å². The van der Waals surface area contributed by atoms with Crippen molar-refractivity contribution in [1.29, 1.82) is 0 Å². The fraction of sp³-hybridized carbons (Fsp3) is 0.364. The van der Waals surface area contributed by atoms with Crippen molar-refractivity contribution in [3.8, 4) is 11.3 Å². The lowest BCUT2D eigenvalue weighted by molar-refractivity contribution is -0.303. The second-order valence-electron chi connectivity index (χ2n) is 7.38. The van der Waals surface area contributed by atoms with Crippen LogP contribution in [0.4, 0.5) is 5.95 Å². The minimum atomic E-state index is -1.25. The van der Waals surface area contributed by atoms with Crippen LogP contribution in [0.2, 0.25) is 0 Å². The lowest BCUT2D eigenvalue weighted by Gasteiger charge is -2.41. The molecule has 1 aromatic heterocycles. The van der Waals surface area contributed by atoms with Gasteiger partial charge in [-0.05, 0) is 22.9 Å². The molecule has 2 aromatic carbocycles. The van der Waals surface area contributed by atoms with Crippen molar-refractivity contribution in [3.63, 3.8) is 0 Å². The van der Waals surface area contributed by atoms with E-state index in [-0.39, 0.29) is 12.6 Å². The standard InChI is InChI=1S/C22H25N3O6/c1-29-21-19(28)20(18(27)17(10-26)31-21)30-11-15-9-16(25-22(23)24-15)14-7-6-12-4-2-3-5-13(12)8-14/h2-9,17-21,26-28H,10-11H2,1H3,(H2,23,24,25)/t17-,18+,19-,20+,21-/m1/s1. The number of nitrogen functional groups attached to an aromatic ring is 1. The molecule has 0 radical (unpaired) electrons. The van der Waals surface area contributed by atoms with Crippen molar-refractivity contribution < 1.29 is 29.5 Å². The third-order valence-electron chi connectivity index (χ3n) is 5.32. The Balaban J connectivity index is 1.55. The zero-order chi connectivity index (χ0) is 22.0. The maximum Gasteiger partial charge on any atom is 0.220 e. The molecule has 0 unspecified atom stereocenters. The summed E-state index contributed by atoms with van der Waals surface area (Å²) in [5.41, 5.74) is 7.90. The molecule has 5 N–H and O–H groups in total. The minimum Gasteiger partial charge on any atom is -0.394 e. The number of fused-ring (bicyclic) bond motifs is 1. The number of ether oxygens (including phenoxy) is 3. The molecule has 1 aliphatic rings. The minimum absolute atomic E-state index is 0.0410. The molecule has 9 heteroatoms. The van der Waals surface area contributed by atoms with Crippen LogP contribution in [0.3, 0.4) is 0 Å². The SMILES string of the molecule is CO[C@@H]1O[C@H](CO)[C@H](O)[C@H](OCc2cc(-c3ccc4ccccc4c3)nc(N)n2)[C@H]1O. The number of rotatable bonds is 6. The number of benzene rings is 2. The lowest BCUT2D eigenvalue weighted by Crippen LogP contribution is -2.59. The fourth-order valence-electron chi connectivity index (χ4n) is 3.71. The van der Waals surface area contributed by atoms with Crippen molar-refractivity contribution in [2.24, 2.45) is 0 Å². The number of hydrogen-bond donors (Lipinski definition) is 4. The van der Waals surface area contributed by atoms with Crippen LogP contribution in [0, 0.1) is 0 Å². The highest BCUT2D eigenvalue weighted by molar-refractivity contribution is 5.86. The molecule has 0 spiro atoms. The number of hydrogen-bond acceptors (Lipinski definition) is 9. The van der Waals surface area contributed by atoms with Gasteiger partial charge in [-0.1, -0.05) is 36.4 Å². The molecule has 0 aliphatic carbocycles.